The van der Waals surface area contributed by atoms with E-state index in [2.05, 4.69) is 11.9 Å². The van der Waals surface area contributed by atoms with Gasteiger partial charge in [-0.05, 0) is 12.5 Å². The molecule has 0 aliphatic rings. The van der Waals surface area contributed by atoms with E-state index in [1.807, 2.05) is 18.2 Å². The van der Waals surface area contributed by atoms with Crippen molar-refractivity contribution in [2.75, 3.05) is 7.11 Å². The van der Waals surface area contributed by atoms with Crippen LogP contribution >= 0.6 is 0 Å². The lowest BCUT2D eigenvalue weighted by Crippen LogP contribution is -2.12. The number of hydrogen-bond donors (Lipinski definition) is 1. The smallest absolute Gasteiger partial charge is 0.213 e. The van der Waals surface area contributed by atoms with Gasteiger partial charge >= 0.3 is 0 Å². The van der Waals surface area contributed by atoms with E-state index in [1.54, 1.807) is 7.11 Å². The number of rotatable bonds is 5. The molecule has 0 aromatic carbocycles. The van der Waals surface area contributed by atoms with Crippen LogP contribution < -0.4 is 10.5 Å². The molecule has 0 fully saturated rings. The summed E-state index contributed by atoms with van der Waals surface area (Å²) in [5.41, 5.74) is 6.90. The third-order valence-electron chi connectivity index (χ3n) is 2.20. The van der Waals surface area contributed by atoms with Gasteiger partial charge < -0.3 is 10.5 Å². The summed E-state index contributed by atoms with van der Waals surface area (Å²) in [7, 11) is 1.61. The Morgan fingerprint density at radius 3 is 2.93 bits per heavy atom. The van der Waals surface area contributed by atoms with Crippen LogP contribution in [0.1, 0.15) is 37.9 Å². The summed E-state index contributed by atoms with van der Waals surface area (Å²) in [5, 5.41) is 0. The van der Waals surface area contributed by atoms with Gasteiger partial charge in [-0.2, -0.15) is 0 Å². The molecular formula is C11H18N2O. The van der Waals surface area contributed by atoms with E-state index in [1.165, 1.54) is 0 Å². The summed E-state index contributed by atoms with van der Waals surface area (Å²) in [4.78, 5) is 4.30. The maximum absolute atomic E-state index is 5.99. The predicted octanol–water partition coefficient (Wildman–Crippen LogP) is 2.28. The first kappa shape index (κ1) is 11.0. The number of nitrogens with zero attached hydrogens (tertiary/aromatic N) is 1. The van der Waals surface area contributed by atoms with E-state index < -0.39 is 0 Å². The second-order valence-electron chi connectivity index (χ2n) is 3.35. The maximum atomic E-state index is 5.99. The number of hydrogen-bond acceptors (Lipinski definition) is 3. The molecule has 0 bridgehead atoms. The first-order chi connectivity index (χ1) is 6.77. The largest absolute Gasteiger partial charge is 0.481 e. The Hall–Kier alpha value is -1.09. The number of unbranched alkanes of at least 4 members (excludes halogenated alkanes) is 1. The van der Waals surface area contributed by atoms with E-state index in [0.717, 1.165) is 25.0 Å². The van der Waals surface area contributed by atoms with Gasteiger partial charge in [0.15, 0.2) is 0 Å². The van der Waals surface area contributed by atoms with Crippen LogP contribution in [0.5, 0.6) is 5.88 Å². The first-order valence-corrected chi connectivity index (χ1v) is 5.04. The molecule has 0 saturated heterocycles. The van der Waals surface area contributed by atoms with E-state index in [9.17, 15) is 0 Å². The van der Waals surface area contributed by atoms with Crippen molar-refractivity contribution in [2.45, 2.75) is 32.2 Å². The van der Waals surface area contributed by atoms with Crippen molar-refractivity contribution in [3.8, 4) is 5.88 Å². The molecule has 0 amide bonds. The van der Waals surface area contributed by atoms with Gasteiger partial charge in [0, 0.05) is 12.1 Å². The van der Waals surface area contributed by atoms with Crippen molar-refractivity contribution in [3.63, 3.8) is 0 Å². The fraction of sp³-hybridized carbons (Fsp3) is 0.545. The number of methoxy groups -OCH3 is 1. The molecule has 3 nitrogen and oxygen atoms in total. The normalized spacial score (nSPS) is 12.5. The van der Waals surface area contributed by atoms with Gasteiger partial charge in [-0.1, -0.05) is 25.8 Å². The summed E-state index contributed by atoms with van der Waals surface area (Å²) in [6.07, 6.45) is 3.29. The zero-order valence-electron chi connectivity index (χ0n) is 8.86. The molecule has 78 valence electrons. The molecule has 0 radical (unpaired) electrons. The molecule has 1 rings (SSSR count). The Bertz CT molecular complexity index is 276. The lowest BCUT2D eigenvalue weighted by atomic mass is 10.1. The highest BCUT2D eigenvalue weighted by molar-refractivity contribution is 5.17. The lowest BCUT2D eigenvalue weighted by Gasteiger charge is -2.10. The van der Waals surface area contributed by atoms with Crippen molar-refractivity contribution in [2.24, 2.45) is 5.73 Å². The number of pyridine rings is 1. The van der Waals surface area contributed by atoms with Gasteiger partial charge in [-0.25, -0.2) is 4.98 Å². The number of aromatic nitrogens is 1. The first-order valence-electron chi connectivity index (χ1n) is 5.04. The molecule has 3 heteroatoms. The molecule has 1 aromatic rings. The highest BCUT2D eigenvalue weighted by atomic mass is 16.5. The van der Waals surface area contributed by atoms with Gasteiger partial charge in [0.25, 0.3) is 0 Å². The standard InChI is InChI=1S/C11H18N2O/c1-3-4-6-9(12)10-7-5-8-11(13-10)14-2/h5,7-9H,3-4,6,12H2,1-2H3/t9-/m1/s1. The lowest BCUT2D eigenvalue weighted by molar-refractivity contribution is 0.394. The van der Waals surface area contributed by atoms with Crippen LogP contribution in [0.2, 0.25) is 0 Å². The van der Waals surface area contributed by atoms with E-state index >= 15 is 0 Å². The monoisotopic (exact) mass is 194 g/mol. The Morgan fingerprint density at radius 2 is 2.29 bits per heavy atom. The second-order valence-corrected chi connectivity index (χ2v) is 3.35. The van der Waals surface area contributed by atoms with Gasteiger partial charge in [0.1, 0.15) is 0 Å². The Balaban J connectivity index is 2.64. The Kier molecular flexibility index (Phi) is 4.40. The van der Waals surface area contributed by atoms with Crippen LogP contribution in [-0.4, -0.2) is 12.1 Å². The van der Waals surface area contributed by atoms with Crippen LogP contribution in [-0.2, 0) is 0 Å². The number of ether oxygens (including phenoxy) is 1. The second kappa shape index (κ2) is 5.60. The molecule has 1 atom stereocenters. The minimum atomic E-state index is 0.0325. The minimum absolute atomic E-state index is 0.0325. The van der Waals surface area contributed by atoms with E-state index in [0.29, 0.717) is 5.88 Å². The predicted molar refractivity (Wildman–Crippen MR) is 57.2 cm³/mol. The zero-order chi connectivity index (χ0) is 10.4. The Morgan fingerprint density at radius 1 is 1.50 bits per heavy atom. The topological polar surface area (TPSA) is 48.1 Å². The average molecular weight is 194 g/mol. The van der Waals surface area contributed by atoms with E-state index in [4.69, 9.17) is 10.5 Å². The SMILES string of the molecule is CCCC[C@@H](N)c1cccc(OC)n1. The molecule has 2 N–H and O–H groups in total. The summed E-state index contributed by atoms with van der Waals surface area (Å²) in [5.74, 6) is 0.634. The molecule has 0 aliphatic carbocycles. The van der Waals surface area contributed by atoms with Crippen molar-refractivity contribution in [1.82, 2.24) is 4.98 Å². The third-order valence-corrected chi connectivity index (χ3v) is 2.20. The molecule has 0 aliphatic heterocycles. The summed E-state index contributed by atoms with van der Waals surface area (Å²) in [6, 6.07) is 5.73. The highest BCUT2D eigenvalue weighted by Crippen LogP contribution is 2.17. The fourth-order valence-corrected chi connectivity index (χ4v) is 1.32. The molecule has 0 spiro atoms. The quantitative estimate of drug-likeness (QED) is 0.782. The molecule has 1 aromatic heterocycles. The summed E-state index contributed by atoms with van der Waals surface area (Å²) in [6.45, 7) is 2.16. The zero-order valence-corrected chi connectivity index (χ0v) is 8.86. The summed E-state index contributed by atoms with van der Waals surface area (Å²) < 4.78 is 5.04. The van der Waals surface area contributed by atoms with Gasteiger partial charge in [-0.15, -0.1) is 0 Å². The average Bonchev–Trinajstić information content (AvgIpc) is 2.26. The van der Waals surface area contributed by atoms with Gasteiger partial charge in [-0.3, -0.25) is 0 Å². The van der Waals surface area contributed by atoms with Gasteiger partial charge in [0.05, 0.1) is 12.8 Å². The van der Waals surface area contributed by atoms with Crippen molar-refractivity contribution in [1.29, 1.82) is 0 Å². The fourth-order valence-electron chi connectivity index (χ4n) is 1.32. The van der Waals surface area contributed by atoms with Crippen molar-refractivity contribution < 1.29 is 4.74 Å². The molecule has 0 saturated carbocycles. The third kappa shape index (κ3) is 3.00. The molecule has 1 heterocycles. The number of nitrogens with two attached hydrogens (primary N) is 1. The van der Waals surface area contributed by atoms with Crippen LogP contribution in [0.25, 0.3) is 0 Å². The van der Waals surface area contributed by atoms with Crippen molar-refractivity contribution in [3.05, 3.63) is 23.9 Å². The Labute approximate surface area is 85.3 Å². The van der Waals surface area contributed by atoms with E-state index in [-0.39, 0.29) is 6.04 Å². The maximum Gasteiger partial charge on any atom is 0.213 e. The highest BCUT2D eigenvalue weighted by Gasteiger charge is 2.07. The van der Waals surface area contributed by atoms with Crippen LogP contribution in [0.3, 0.4) is 0 Å². The van der Waals surface area contributed by atoms with Crippen LogP contribution in [0, 0.1) is 0 Å². The summed E-state index contributed by atoms with van der Waals surface area (Å²) >= 11 is 0. The van der Waals surface area contributed by atoms with Crippen LogP contribution in [0.15, 0.2) is 18.2 Å². The van der Waals surface area contributed by atoms with Crippen molar-refractivity contribution >= 4 is 0 Å². The molecule has 0 unspecified atom stereocenters. The molecular weight excluding hydrogens is 176 g/mol. The van der Waals surface area contributed by atoms with Gasteiger partial charge in [0.2, 0.25) is 5.88 Å². The van der Waals surface area contributed by atoms with Crippen LogP contribution in [0.4, 0.5) is 0 Å². The molecule has 14 heavy (non-hydrogen) atoms. The minimum Gasteiger partial charge on any atom is -0.481 e.